The van der Waals surface area contributed by atoms with Gasteiger partial charge in [0, 0.05) is 18.4 Å². The minimum atomic E-state index is -0.456. The number of carbonyl (C=O) groups excluding carboxylic acids is 1. The van der Waals surface area contributed by atoms with Gasteiger partial charge in [-0.15, -0.1) is 0 Å². The second-order valence-corrected chi connectivity index (χ2v) is 4.81. The molecule has 1 aromatic heterocycles. The monoisotopic (exact) mass is 265 g/mol. The van der Waals surface area contributed by atoms with Crippen molar-refractivity contribution in [1.29, 1.82) is 0 Å². The van der Waals surface area contributed by atoms with Crippen LogP contribution in [0, 0.1) is 12.8 Å². The molecule has 1 saturated heterocycles. The predicted octanol–water partition coefficient (Wildman–Crippen LogP) is 1.22. The van der Waals surface area contributed by atoms with E-state index in [9.17, 15) is 9.59 Å². The number of hydrogen-bond acceptors (Lipinski definition) is 4. The molecule has 1 aromatic rings. The quantitative estimate of drug-likeness (QED) is 0.860. The summed E-state index contributed by atoms with van der Waals surface area (Å²) in [6.07, 6.45) is 2.46. The molecule has 0 bridgehead atoms. The lowest BCUT2D eigenvalue weighted by molar-refractivity contribution is -0.129. The SMILES string of the molecule is CC[C@H]1OCCC[C@H]1C(=O)Nc1cc(C)[nH]c(=O)n1. The zero-order valence-electron chi connectivity index (χ0n) is 11.2. The van der Waals surface area contributed by atoms with Gasteiger partial charge in [0.05, 0.1) is 12.0 Å². The summed E-state index contributed by atoms with van der Waals surface area (Å²) in [7, 11) is 0. The molecule has 1 aliphatic heterocycles. The number of aryl methyl sites for hydroxylation is 1. The van der Waals surface area contributed by atoms with Crippen LogP contribution in [0.5, 0.6) is 0 Å². The Balaban J connectivity index is 2.09. The Morgan fingerprint density at radius 1 is 1.63 bits per heavy atom. The van der Waals surface area contributed by atoms with Gasteiger partial charge in [-0.1, -0.05) is 6.92 Å². The van der Waals surface area contributed by atoms with Crippen molar-refractivity contribution in [2.24, 2.45) is 5.92 Å². The number of nitrogens with one attached hydrogen (secondary N) is 2. The molecule has 1 fully saturated rings. The number of carbonyl (C=O) groups is 1. The van der Waals surface area contributed by atoms with E-state index >= 15 is 0 Å². The molecule has 2 rings (SSSR count). The van der Waals surface area contributed by atoms with E-state index in [0.29, 0.717) is 18.1 Å². The summed E-state index contributed by atoms with van der Waals surface area (Å²) in [6, 6.07) is 1.64. The van der Waals surface area contributed by atoms with Crippen LogP contribution >= 0.6 is 0 Å². The maximum atomic E-state index is 12.2. The fourth-order valence-electron chi connectivity index (χ4n) is 2.40. The Morgan fingerprint density at radius 3 is 3.11 bits per heavy atom. The Labute approximate surface area is 111 Å². The molecule has 104 valence electrons. The molecule has 2 heterocycles. The van der Waals surface area contributed by atoms with Crippen LogP contribution in [0.3, 0.4) is 0 Å². The second-order valence-electron chi connectivity index (χ2n) is 4.81. The highest BCUT2D eigenvalue weighted by Gasteiger charge is 2.30. The number of H-pyrrole nitrogens is 1. The third-order valence-corrected chi connectivity index (χ3v) is 3.31. The Morgan fingerprint density at radius 2 is 2.42 bits per heavy atom. The minimum absolute atomic E-state index is 0.0446. The van der Waals surface area contributed by atoms with Gasteiger partial charge in [-0.3, -0.25) is 4.79 Å². The summed E-state index contributed by atoms with van der Waals surface area (Å²) in [5, 5.41) is 2.71. The predicted molar refractivity (Wildman–Crippen MR) is 71.0 cm³/mol. The maximum Gasteiger partial charge on any atom is 0.347 e. The first-order valence-corrected chi connectivity index (χ1v) is 6.60. The van der Waals surface area contributed by atoms with Crippen molar-refractivity contribution in [3.05, 3.63) is 22.2 Å². The first-order valence-electron chi connectivity index (χ1n) is 6.60. The van der Waals surface area contributed by atoms with Crippen LogP contribution in [0.1, 0.15) is 31.9 Å². The Bertz CT molecular complexity index is 512. The topological polar surface area (TPSA) is 84.1 Å². The van der Waals surface area contributed by atoms with Gasteiger partial charge in [-0.05, 0) is 26.2 Å². The van der Waals surface area contributed by atoms with E-state index in [2.05, 4.69) is 15.3 Å². The lowest BCUT2D eigenvalue weighted by Gasteiger charge is -2.29. The van der Waals surface area contributed by atoms with Crippen molar-refractivity contribution in [1.82, 2.24) is 9.97 Å². The highest BCUT2D eigenvalue weighted by atomic mass is 16.5. The van der Waals surface area contributed by atoms with Gasteiger partial charge in [0.15, 0.2) is 0 Å². The zero-order valence-corrected chi connectivity index (χ0v) is 11.2. The molecule has 0 unspecified atom stereocenters. The minimum Gasteiger partial charge on any atom is -0.377 e. The summed E-state index contributed by atoms with van der Waals surface area (Å²) in [5.41, 5.74) is 0.212. The number of rotatable bonds is 3. The largest absolute Gasteiger partial charge is 0.377 e. The molecule has 0 spiro atoms. The van der Waals surface area contributed by atoms with E-state index in [1.54, 1.807) is 13.0 Å². The number of amides is 1. The van der Waals surface area contributed by atoms with Gasteiger partial charge in [0.2, 0.25) is 5.91 Å². The summed E-state index contributed by atoms with van der Waals surface area (Å²) in [5.74, 6) is 0.0101. The van der Waals surface area contributed by atoms with Crippen molar-refractivity contribution < 1.29 is 9.53 Å². The van der Waals surface area contributed by atoms with Crippen LogP contribution in [0.4, 0.5) is 5.82 Å². The Kier molecular flexibility index (Phi) is 4.31. The summed E-state index contributed by atoms with van der Waals surface area (Å²) >= 11 is 0. The molecule has 1 aliphatic rings. The fraction of sp³-hybridized carbons (Fsp3) is 0.615. The van der Waals surface area contributed by atoms with E-state index in [-0.39, 0.29) is 17.9 Å². The number of ether oxygens (including phenoxy) is 1. The van der Waals surface area contributed by atoms with E-state index < -0.39 is 5.69 Å². The van der Waals surface area contributed by atoms with Crippen LogP contribution in [0.2, 0.25) is 0 Å². The van der Waals surface area contributed by atoms with Crippen molar-refractivity contribution in [2.45, 2.75) is 39.2 Å². The second kappa shape index (κ2) is 5.97. The lowest BCUT2D eigenvalue weighted by atomic mass is 9.92. The van der Waals surface area contributed by atoms with E-state index in [1.807, 2.05) is 6.92 Å². The average molecular weight is 265 g/mol. The van der Waals surface area contributed by atoms with Crippen LogP contribution in [-0.4, -0.2) is 28.6 Å². The fourth-order valence-corrected chi connectivity index (χ4v) is 2.40. The van der Waals surface area contributed by atoms with Crippen LogP contribution in [0.15, 0.2) is 10.9 Å². The molecule has 0 aliphatic carbocycles. The molecule has 0 radical (unpaired) electrons. The van der Waals surface area contributed by atoms with Gasteiger partial charge in [-0.25, -0.2) is 4.79 Å². The highest BCUT2D eigenvalue weighted by molar-refractivity contribution is 5.92. The molecule has 1 amide bonds. The van der Waals surface area contributed by atoms with Crippen molar-refractivity contribution >= 4 is 11.7 Å². The molecule has 6 nitrogen and oxygen atoms in total. The summed E-state index contributed by atoms with van der Waals surface area (Å²) in [6.45, 7) is 4.47. The van der Waals surface area contributed by atoms with Gasteiger partial charge in [0.1, 0.15) is 5.82 Å². The number of aromatic amines is 1. The first kappa shape index (κ1) is 13.7. The van der Waals surface area contributed by atoms with Crippen LogP contribution in [0.25, 0.3) is 0 Å². The third-order valence-electron chi connectivity index (χ3n) is 3.31. The number of nitrogens with zero attached hydrogens (tertiary/aromatic N) is 1. The smallest absolute Gasteiger partial charge is 0.347 e. The number of aromatic nitrogens is 2. The molecule has 0 aromatic carbocycles. The summed E-state index contributed by atoms with van der Waals surface area (Å²) < 4.78 is 5.60. The molecule has 0 saturated carbocycles. The average Bonchev–Trinajstić information content (AvgIpc) is 2.37. The van der Waals surface area contributed by atoms with E-state index in [4.69, 9.17) is 4.74 Å². The zero-order chi connectivity index (χ0) is 13.8. The molecule has 19 heavy (non-hydrogen) atoms. The van der Waals surface area contributed by atoms with Crippen LogP contribution < -0.4 is 11.0 Å². The molecular formula is C13H19N3O3. The van der Waals surface area contributed by atoms with E-state index in [1.165, 1.54) is 0 Å². The number of hydrogen-bond donors (Lipinski definition) is 2. The lowest BCUT2D eigenvalue weighted by Crippen LogP contribution is -2.38. The first-order chi connectivity index (χ1) is 9.10. The third kappa shape index (κ3) is 3.41. The summed E-state index contributed by atoms with van der Waals surface area (Å²) in [4.78, 5) is 29.7. The molecule has 2 N–H and O–H groups in total. The van der Waals surface area contributed by atoms with Crippen molar-refractivity contribution in [3.63, 3.8) is 0 Å². The number of anilines is 1. The molecule has 2 atom stereocenters. The standard InChI is InChI=1S/C13H19N3O3/c1-3-10-9(5-4-6-19-10)12(17)15-11-7-8(2)14-13(18)16-11/h7,9-10H,3-6H2,1-2H3,(H2,14,15,16,17,18)/t9-,10-/m1/s1. The maximum absolute atomic E-state index is 12.2. The Hall–Kier alpha value is -1.69. The molecular weight excluding hydrogens is 246 g/mol. The van der Waals surface area contributed by atoms with Crippen molar-refractivity contribution in [2.75, 3.05) is 11.9 Å². The van der Waals surface area contributed by atoms with E-state index in [0.717, 1.165) is 19.3 Å². The van der Waals surface area contributed by atoms with Gasteiger partial charge in [0.25, 0.3) is 0 Å². The van der Waals surface area contributed by atoms with Gasteiger partial charge in [-0.2, -0.15) is 4.98 Å². The highest BCUT2D eigenvalue weighted by Crippen LogP contribution is 2.24. The molecule has 6 heteroatoms. The normalized spacial score (nSPS) is 23.1. The van der Waals surface area contributed by atoms with Crippen LogP contribution in [-0.2, 0) is 9.53 Å². The van der Waals surface area contributed by atoms with Crippen molar-refractivity contribution in [3.8, 4) is 0 Å². The van der Waals surface area contributed by atoms with Gasteiger partial charge < -0.3 is 15.0 Å². The van der Waals surface area contributed by atoms with Gasteiger partial charge >= 0.3 is 5.69 Å².